The topological polar surface area (TPSA) is 74.6 Å². The second-order valence-electron chi connectivity index (χ2n) is 6.31. The Labute approximate surface area is 151 Å². The molecule has 1 aromatic heterocycles. The first-order chi connectivity index (χ1) is 12.6. The van der Waals surface area contributed by atoms with Crippen LogP contribution in [0.5, 0.6) is 0 Å². The number of alkyl halides is 2. The molecule has 1 saturated heterocycles. The van der Waals surface area contributed by atoms with Gasteiger partial charge in [-0.3, -0.25) is 9.59 Å². The van der Waals surface area contributed by atoms with Crippen molar-refractivity contribution in [2.45, 2.75) is 12.0 Å². The Balaban J connectivity index is 1.72. The van der Waals surface area contributed by atoms with E-state index in [2.05, 4.69) is 5.32 Å². The molecule has 1 aliphatic heterocycles. The number of amides is 2. The highest BCUT2D eigenvalue weighted by molar-refractivity contribution is 6.03. The monoisotopic (exact) mass is 385 g/mol. The van der Waals surface area contributed by atoms with E-state index in [1.54, 1.807) is 0 Å². The summed E-state index contributed by atoms with van der Waals surface area (Å²) in [5, 5.41) is 12.5. The van der Waals surface area contributed by atoms with Crippen LogP contribution in [-0.4, -0.2) is 45.4 Å². The number of aliphatic hydroxyl groups is 1. The van der Waals surface area contributed by atoms with E-state index in [-0.39, 0.29) is 16.9 Å². The Morgan fingerprint density at radius 3 is 2.44 bits per heavy atom. The lowest BCUT2D eigenvalue weighted by atomic mass is 10.1. The maximum atomic E-state index is 13.2. The second kappa shape index (κ2) is 6.69. The van der Waals surface area contributed by atoms with Gasteiger partial charge in [-0.05, 0) is 18.2 Å². The fraction of sp³-hybridized carbons (Fsp3) is 0.294. The van der Waals surface area contributed by atoms with Crippen LogP contribution in [0.1, 0.15) is 22.2 Å². The third kappa shape index (κ3) is 3.80. The van der Waals surface area contributed by atoms with Crippen LogP contribution in [0.4, 0.5) is 23.2 Å². The van der Waals surface area contributed by atoms with Gasteiger partial charge < -0.3 is 19.9 Å². The Morgan fingerprint density at radius 2 is 1.85 bits per heavy atom. The molecule has 1 aliphatic rings. The molecule has 10 heteroatoms. The third-order valence-electron chi connectivity index (χ3n) is 4.14. The Bertz CT molecular complexity index is 905. The summed E-state index contributed by atoms with van der Waals surface area (Å²) in [6, 6.07) is 4.05. The fourth-order valence-corrected chi connectivity index (χ4v) is 2.72. The lowest BCUT2D eigenvalue weighted by molar-refractivity contribution is -0.173. The van der Waals surface area contributed by atoms with E-state index < -0.39 is 48.6 Å². The number of likely N-dealkylation sites (tertiary alicyclic amines) is 1. The van der Waals surface area contributed by atoms with Gasteiger partial charge in [-0.1, -0.05) is 0 Å². The molecule has 6 nitrogen and oxygen atoms in total. The molecule has 144 valence electrons. The molecule has 0 radical (unpaired) electrons. The van der Waals surface area contributed by atoms with E-state index in [4.69, 9.17) is 0 Å². The summed E-state index contributed by atoms with van der Waals surface area (Å²) in [6.45, 7) is -1.53. The first kappa shape index (κ1) is 18.9. The van der Waals surface area contributed by atoms with Gasteiger partial charge in [-0.2, -0.15) is 0 Å². The van der Waals surface area contributed by atoms with E-state index in [1.807, 2.05) is 0 Å². The summed E-state index contributed by atoms with van der Waals surface area (Å²) >= 11 is 0. The highest BCUT2D eigenvalue weighted by atomic mass is 19.3. The molecule has 1 atom stereocenters. The quantitative estimate of drug-likeness (QED) is 0.792. The largest absolute Gasteiger partial charge is 0.378 e. The number of carbonyl (C=O) groups excluding carboxylic acids is 2. The molecule has 2 N–H and O–H groups in total. The maximum Gasteiger partial charge on any atom is 0.282 e. The highest BCUT2D eigenvalue weighted by Crippen LogP contribution is 2.30. The number of aryl methyl sites for hydroxylation is 1. The van der Waals surface area contributed by atoms with Gasteiger partial charge >= 0.3 is 0 Å². The van der Waals surface area contributed by atoms with Gasteiger partial charge in [0.15, 0.2) is 17.7 Å². The molecule has 0 aliphatic carbocycles. The zero-order chi connectivity index (χ0) is 19.9. The molecular weight excluding hydrogens is 370 g/mol. The van der Waals surface area contributed by atoms with Crippen molar-refractivity contribution in [3.05, 3.63) is 53.4 Å². The van der Waals surface area contributed by atoms with Crippen LogP contribution in [-0.2, 0) is 11.8 Å². The predicted octanol–water partition coefficient (Wildman–Crippen LogP) is 2.07. The van der Waals surface area contributed by atoms with Crippen molar-refractivity contribution in [3.8, 4) is 0 Å². The summed E-state index contributed by atoms with van der Waals surface area (Å²) in [7, 11) is 1.47. The molecule has 3 rings (SSSR count). The standard InChI is InChI=1S/C17H15F4N3O3/c1-23-6-9(14(25)16(27)24-7-17(20,21)8-24)4-13(23)15(26)22-10-2-3-11(18)12(19)5-10/h2-6,14,25H,7-8H2,1H3,(H,22,26). The number of hydrogen-bond acceptors (Lipinski definition) is 3. The zero-order valence-electron chi connectivity index (χ0n) is 14.0. The number of aliphatic hydroxyl groups excluding tert-OH is 1. The lowest BCUT2D eigenvalue weighted by Crippen LogP contribution is -2.59. The summed E-state index contributed by atoms with van der Waals surface area (Å²) in [4.78, 5) is 25.1. The lowest BCUT2D eigenvalue weighted by Gasteiger charge is -2.39. The highest BCUT2D eigenvalue weighted by Gasteiger charge is 2.47. The molecule has 1 unspecified atom stereocenters. The molecular formula is C17H15F4N3O3. The van der Waals surface area contributed by atoms with Gasteiger partial charge in [0.05, 0.1) is 13.1 Å². The van der Waals surface area contributed by atoms with Crippen molar-refractivity contribution in [2.75, 3.05) is 18.4 Å². The number of halogens is 4. The first-order valence-electron chi connectivity index (χ1n) is 7.85. The molecule has 1 aromatic carbocycles. The smallest absolute Gasteiger partial charge is 0.282 e. The van der Waals surface area contributed by atoms with Crippen molar-refractivity contribution in [1.29, 1.82) is 0 Å². The number of nitrogens with zero attached hydrogens (tertiary/aromatic N) is 2. The number of benzene rings is 1. The van der Waals surface area contributed by atoms with Crippen LogP contribution in [0.3, 0.4) is 0 Å². The molecule has 0 saturated carbocycles. The summed E-state index contributed by atoms with van der Waals surface area (Å²) in [5.74, 6) is -6.73. The summed E-state index contributed by atoms with van der Waals surface area (Å²) in [6.07, 6.45) is -0.391. The molecule has 2 heterocycles. The molecule has 2 amide bonds. The Morgan fingerprint density at radius 1 is 1.19 bits per heavy atom. The fourth-order valence-electron chi connectivity index (χ4n) is 2.72. The van der Waals surface area contributed by atoms with Gasteiger partial charge in [0.1, 0.15) is 5.69 Å². The molecule has 27 heavy (non-hydrogen) atoms. The second-order valence-corrected chi connectivity index (χ2v) is 6.31. The van der Waals surface area contributed by atoms with Crippen LogP contribution >= 0.6 is 0 Å². The number of anilines is 1. The first-order valence-corrected chi connectivity index (χ1v) is 7.85. The number of rotatable bonds is 4. The molecule has 0 spiro atoms. The summed E-state index contributed by atoms with van der Waals surface area (Å²) < 4.78 is 53.2. The van der Waals surface area contributed by atoms with Crippen LogP contribution in [0.25, 0.3) is 0 Å². The van der Waals surface area contributed by atoms with Crippen molar-refractivity contribution < 1.29 is 32.3 Å². The predicted molar refractivity (Wildman–Crippen MR) is 86.2 cm³/mol. The van der Waals surface area contributed by atoms with Crippen molar-refractivity contribution in [3.63, 3.8) is 0 Å². The summed E-state index contributed by atoms with van der Waals surface area (Å²) in [5.41, 5.74) is 0.0877. The minimum Gasteiger partial charge on any atom is -0.378 e. The van der Waals surface area contributed by atoms with Crippen molar-refractivity contribution in [1.82, 2.24) is 9.47 Å². The number of aromatic nitrogens is 1. The van der Waals surface area contributed by atoms with Crippen molar-refractivity contribution in [2.24, 2.45) is 7.05 Å². The van der Waals surface area contributed by atoms with E-state index in [9.17, 15) is 32.3 Å². The van der Waals surface area contributed by atoms with Crippen molar-refractivity contribution >= 4 is 17.5 Å². The van der Waals surface area contributed by atoms with Crippen LogP contribution in [0.15, 0.2) is 30.5 Å². The third-order valence-corrected chi connectivity index (χ3v) is 4.14. The minimum absolute atomic E-state index is 0.0149. The van der Waals surface area contributed by atoms with Gasteiger partial charge in [-0.15, -0.1) is 0 Å². The van der Waals surface area contributed by atoms with Crippen LogP contribution < -0.4 is 5.32 Å². The normalized spacial score (nSPS) is 16.6. The van der Waals surface area contributed by atoms with Crippen LogP contribution in [0.2, 0.25) is 0 Å². The Kier molecular flexibility index (Phi) is 4.68. The van der Waals surface area contributed by atoms with Gasteiger partial charge in [0.25, 0.3) is 17.7 Å². The van der Waals surface area contributed by atoms with Gasteiger partial charge in [0.2, 0.25) is 0 Å². The maximum absolute atomic E-state index is 13.2. The van der Waals surface area contributed by atoms with Gasteiger partial charge in [-0.25, -0.2) is 17.6 Å². The van der Waals surface area contributed by atoms with E-state index in [0.717, 1.165) is 17.0 Å². The number of nitrogens with one attached hydrogen (secondary N) is 1. The average molecular weight is 385 g/mol. The molecule has 2 aromatic rings. The van der Waals surface area contributed by atoms with E-state index in [1.165, 1.54) is 29.9 Å². The van der Waals surface area contributed by atoms with Crippen LogP contribution in [0, 0.1) is 11.6 Å². The number of carbonyl (C=O) groups is 2. The Hall–Kier alpha value is -2.88. The van der Waals surface area contributed by atoms with E-state index in [0.29, 0.717) is 0 Å². The van der Waals surface area contributed by atoms with Gasteiger partial charge in [0, 0.05) is 30.6 Å². The SMILES string of the molecule is Cn1cc(C(O)C(=O)N2CC(F)(F)C2)cc1C(=O)Nc1ccc(F)c(F)c1. The van der Waals surface area contributed by atoms with E-state index >= 15 is 0 Å². The molecule has 0 bridgehead atoms. The molecule has 1 fully saturated rings. The average Bonchev–Trinajstić information content (AvgIpc) is 2.96. The number of hydrogen-bond donors (Lipinski definition) is 2. The zero-order valence-corrected chi connectivity index (χ0v) is 14.0. The minimum atomic E-state index is -2.96.